The summed E-state index contributed by atoms with van der Waals surface area (Å²) >= 11 is 0. The number of rotatable bonds is 7. The van der Waals surface area contributed by atoms with Crippen molar-refractivity contribution in [1.29, 1.82) is 0 Å². The number of fused-ring (bicyclic) bond motifs is 1. The highest BCUT2D eigenvalue weighted by atomic mass is 16.5. The number of carbonyl (C=O) groups excluding carboxylic acids is 1. The first-order chi connectivity index (χ1) is 14.2. The standard InChI is InChI=1S/C24H23N3O2/c1-2-7-23(28)25-24-21-13-12-19(15-22(21)26-27-24)18-10-6-11-20(14-18)29-16-17-8-4-3-5-9-17/h3-6,8-15H,2,7,16H2,1H3,(H2,25,26,27,28). The molecule has 0 spiro atoms. The highest BCUT2D eigenvalue weighted by Crippen LogP contribution is 2.29. The molecule has 4 rings (SSSR count). The third-order valence-corrected chi connectivity index (χ3v) is 4.71. The summed E-state index contributed by atoms with van der Waals surface area (Å²) in [5, 5.41) is 11.0. The molecule has 0 aliphatic carbocycles. The predicted molar refractivity (Wildman–Crippen MR) is 116 cm³/mol. The maximum atomic E-state index is 11.9. The molecule has 146 valence electrons. The van der Waals surface area contributed by atoms with Crippen LogP contribution in [0.2, 0.25) is 0 Å². The second kappa shape index (κ2) is 8.61. The number of benzene rings is 3. The Kier molecular flexibility index (Phi) is 5.56. The summed E-state index contributed by atoms with van der Waals surface area (Å²) in [6, 6.07) is 24.2. The molecule has 0 aliphatic rings. The average molecular weight is 385 g/mol. The molecule has 0 saturated heterocycles. The highest BCUT2D eigenvalue weighted by molar-refractivity contribution is 6.00. The van der Waals surface area contributed by atoms with Gasteiger partial charge in [0.2, 0.25) is 5.91 Å². The molecule has 5 heteroatoms. The monoisotopic (exact) mass is 385 g/mol. The van der Waals surface area contributed by atoms with E-state index in [9.17, 15) is 4.79 Å². The molecular formula is C24H23N3O2. The van der Waals surface area contributed by atoms with Crippen molar-refractivity contribution >= 4 is 22.6 Å². The molecule has 0 fully saturated rings. The van der Waals surface area contributed by atoms with Crippen molar-refractivity contribution in [1.82, 2.24) is 10.2 Å². The normalized spacial score (nSPS) is 10.8. The number of hydrogen-bond acceptors (Lipinski definition) is 3. The van der Waals surface area contributed by atoms with Crippen molar-refractivity contribution in [3.05, 3.63) is 78.4 Å². The average Bonchev–Trinajstić information content (AvgIpc) is 3.15. The van der Waals surface area contributed by atoms with E-state index in [1.807, 2.05) is 73.7 Å². The fraction of sp³-hybridized carbons (Fsp3) is 0.167. The second-order valence-electron chi connectivity index (χ2n) is 6.93. The molecule has 1 heterocycles. The molecule has 0 radical (unpaired) electrons. The first-order valence-corrected chi connectivity index (χ1v) is 9.78. The minimum absolute atomic E-state index is 0.0201. The van der Waals surface area contributed by atoms with Crippen LogP contribution in [0.1, 0.15) is 25.3 Å². The lowest BCUT2D eigenvalue weighted by Gasteiger charge is -2.09. The van der Waals surface area contributed by atoms with Gasteiger partial charge in [0, 0.05) is 11.8 Å². The van der Waals surface area contributed by atoms with Gasteiger partial charge in [-0.3, -0.25) is 9.89 Å². The Labute approximate surface area is 169 Å². The van der Waals surface area contributed by atoms with E-state index in [2.05, 4.69) is 21.6 Å². The van der Waals surface area contributed by atoms with Crippen LogP contribution >= 0.6 is 0 Å². The topological polar surface area (TPSA) is 67.0 Å². The van der Waals surface area contributed by atoms with Gasteiger partial charge in [-0.25, -0.2) is 0 Å². The van der Waals surface area contributed by atoms with E-state index in [4.69, 9.17) is 4.74 Å². The fourth-order valence-corrected chi connectivity index (χ4v) is 3.22. The summed E-state index contributed by atoms with van der Waals surface area (Å²) in [4.78, 5) is 11.9. The number of nitrogens with zero attached hydrogens (tertiary/aromatic N) is 1. The Morgan fingerprint density at radius 2 is 1.83 bits per heavy atom. The predicted octanol–water partition coefficient (Wildman–Crippen LogP) is 5.55. The van der Waals surface area contributed by atoms with Gasteiger partial charge in [-0.2, -0.15) is 5.10 Å². The first kappa shape index (κ1) is 18.7. The largest absolute Gasteiger partial charge is 0.489 e. The lowest BCUT2D eigenvalue weighted by molar-refractivity contribution is -0.116. The van der Waals surface area contributed by atoms with Crippen molar-refractivity contribution in [2.75, 3.05) is 5.32 Å². The summed E-state index contributed by atoms with van der Waals surface area (Å²) in [6.45, 7) is 2.51. The van der Waals surface area contributed by atoms with Crippen molar-refractivity contribution in [3.8, 4) is 16.9 Å². The number of anilines is 1. The molecule has 0 saturated carbocycles. The molecule has 5 nitrogen and oxygen atoms in total. The second-order valence-corrected chi connectivity index (χ2v) is 6.93. The summed E-state index contributed by atoms with van der Waals surface area (Å²) in [5.41, 5.74) is 4.13. The lowest BCUT2D eigenvalue weighted by atomic mass is 10.0. The Morgan fingerprint density at radius 3 is 2.66 bits per heavy atom. The first-order valence-electron chi connectivity index (χ1n) is 9.78. The molecule has 4 aromatic rings. The number of aromatic nitrogens is 2. The molecule has 0 atom stereocenters. The van der Waals surface area contributed by atoms with Crippen LogP contribution in [0.3, 0.4) is 0 Å². The Bertz CT molecular complexity index is 1120. The lowest BCUT2D eigenvalue weighted by Crippen LogP contribution is -2.10. The Hall–Kier alpha value is -3.60. The zero-order valence-electron chi connectivity index (χ0n) is 16.3. The van der Waals surface area contributed by atoms with Crippen LogP contribution in [0, 0.1) is 0 Å². The van der Waals surface area contributed by atoms with Gasteiger partial charge in [-0.05, 0) is 47.4 Å². The van der Waals surface area contributed by atoms with E-state index in [1.165, 1.54) is 0 Å². The van der Waals surface area contributed by atoms with E-state index < -0.39 is 0 Å². The molecule has 0 bridgehead atoms. The van der Waals surface area contributed by atoms with Gasteiger partial charge in [0.15, 0.2) is 5.82 Å². The number of ether oxygens (including phenoxy) is 1. The molecule has 29 heavy (non-hydrogen) atoms. The zero-order valence-corrected chi connectivity index (χ0v) is 16.3. The van der Waals surface area contributed by atoms with Gasteiger partial charge < -0.3 is 10.1 Å². The Morgan fingerprint density at radius 1 is 1.00 bits per heavy atom. The number of aromatic amines is 1. The van der Waals surface area contributed by atoms with E-state index in [0.29, 0.717) is 18.8 Å². The highest BCUT2D eigenvalue weighted by Gasteiger charge is 2.10. The van der Waals surface area contributed by atoms with Crippen molar-refractivity contribution in [2.24, 2.45) is 0 Å². The van der Waals surface area contributed by atoms with Crippen molar-refractivity contribution in [2.45, 2.75) is 26.4 Å². The van der Waals surface area contributed by atoms with Gasteiger partial charge >= 0.3 is 0 Å². The van der Waals surface area contributed by atoms with Crippen LogP contribution in [-0.2, 0) is 11.4 Å². The van der Waals surface area contributed by atoms with Crippen LogP contribution in [0.5, 0.6) is 5.75 Å². The fourth-order valence-electron chi connectivity index (χ4n) is 3.22. The van der Waals surface area contributed by atoms with Gasteiger partial charge in [0.05, 0.1) is 5.52 Å². The minimum Gasteiger partial charge on any atom is -0.489 e. The van der Waals surface area contributed by atoms with Gasteiger partial charge in [0.1, 0.15) is 12.4 Å². The van der Waals surface area contributed by atoms with Crippen LogP contribution in [0.4, 0.5) is 5.82 Å². The summed E-state index contributed by atoms with van der Waals surface area (Å²) < 4.78 is 5.94. The molecule has 0 aliphatic heterocycles. The van der Waals surface area contributed by atoms with E-state index in [1.54, 1.807) is 0 Å². The molecule has 3 aromatic carbocycles. The Balaban J connectivity index is 1.53. The van der Waals surface area contributed by atoms with E-state index >= 15 is 0 Å². The van der Waals surface area contributed by atoms with Gasteiger partial charge in [-0.15, -0.1) is 0 Å². The van der Waals surface area contributed by atoms with E-state index in [-0.39, 0.29) is 5.91 Å². The summed E-state index contributed by atoms with van der Waals surface area (Å²) in [5.74, 6) is 1.38. The van der Waals surface area contributed by atoms with Crippen molar-refractivity contribution in [3.63, 3.8) is 0 Å². The SMILES string of the molecule is CCCC(=O)Nc1n[nH]c2cc(-c3cccc(OCc4ccccc4)c3)ccc12. The van der Waals surface area contributed by atoms with Gasteiger partial charge in [0.25, 0.3) is 0 Å². The van der Waals surface area contributed by atoms with Crippen LogP contribution in [-0.4, -0.2) is 16.1 Å². The number of nitrogens with one attached hydrogen (secondary N) is 2. The third kappa shape index (κ3) is 4.46. The quantitative estimate of drug-likeness (QED) is 0.438. The number of H-pyrrole nitrogens is 1. The van der Waals surface area contributed by atoms with Gasteiger partial charge in [-0.1, -0.05) is 55.5 Å². The third-order valence-electron chi connectivity index (χ3n) is 4.71. The van der Waals surface area contributed by atoms with Crippen molar-refractivity contribution < 1.29 is 9.53 Å². The van der Waals surface area contributed by atoms with Crippen LogP contribution in [0.25, 0.3) is 22.0 Å². The summed E-state index contributed by atoms with van der Waals surface area (Å²) in [7, 11) is 0. The zero-order chi connectivity index (χ0) is 20.1. The van der Waals surface area contributed by atoms with Crippen LogP contribution in [0.15, 0.2) is 72.8 Å². The molecular weight excluding hydrogens is 362 g/mol. The smallest absolute Gasteiger partial charge is 0.225 e. The maximum absolute atomic E-state index is 11.9. The number of hydrogen-bond donors (Lipinski definition) is 2. The number of carbonyl (C=O) groups is 1. The minimum atomic E-state index is -0.0201. The molecule has 0 unspecified atom stereocenters. The maximum Gasteiger partial charge on any atom is 0.225 e. The van der Waals surface area contributed by atoms with E-state index in [0.717, 1.165) is 39.8 Å². The molecule has 2 N–H and O–H groups in total. The van der Waals surface area contributed by atoms with Crippen LogP contribution < -0.4 is 10.1 Å². The molecule has 1 amide bonds. The number of amides is 1. The summed E-state index contributed by atoms with van der Waals surface area (Å²) in [6.07, 6.45) is 1.29. The molecule has 1 aromatic heterocycles.